The monoisotopic (exact) mass is 320 g/mol. The molecule has 1 fully saturated rings. The average molecular weight is 320 g/mol. The second-order valence-corrected chi connectivity index (χ2v) is 5.71. The first-order valence-electron chi connectivity index (χ1n) is 7.36. The van der Waals surface area contributed by atoms with E-state index in [9.17, 15) is 18.3 Å². The smallest absolute Gasteiger partial charge is 0.382 e. The van der Waals surface area contributed by atoms with Crippen molar-refractivity contribution in [2.24, 2.45) is 0 Å². The van der Waals surface area contributed by atoms with Gasteiger partial charge in [0.05, 0.1) is 17.7 Å². The predicted molar refractivity (Wildman–Crippen MR) is 81.1 cm³/mol. The average Bonchev–Trinajstić information content (AvgIpc) is 3.01. The Morgan fingerprint density at radius 3 is 2.74 bits per heavy atom. The number of nitrogens with zero attached hydrogens (tertiary/aromatic N) is 2. The predicted octanol–water partition coefficient (Wildman–Crippen LogP) is 3.60. The Balaban J connectivity index is 1.98. The Hall–Kier alpha value is -2.26. The molecular weight excluding hydrogens is 305 g/mol. The molecule has 1 aliphatic heterocycles. The molecule has 0 saturated carbocycles. The highest BCUT2D eigenvalue weighted by Gasteiger charge is 2.47. The summed E-state index contributed by atoms with van der Waals surface area (Å²) in [7, 11) is 0. The molecule has 23 heavy (non-hydrogen) atoms. The quantitative estimate of drug-likeness (QED) is 0.919. The number of aliphatic hydroxyl groups is 1. The van der Waals surface area contributed by atoms with Crippen molar-refractivity contribution < 1.29 is 18.3 Å². The normalized spacial score (nSPS) is 19.8. The number of anilines is 1. The van der Waals surface area contributed by atoms with E-state index in [1.54, 1.807) is 35.2 Å². The maximum Gasteiger partial charge on any atom is 0.416 e. The van der Waals surface area contributed by atoms with E-state index in [0.29, 0.717) is 30.6 Å². The summed E-state index contributed by atoms with van der Waals surface area (Å²) in [6, 6.07) is 11.6. The Morgan fingerprint density at radius 1 is 1.26 bits per heavy atom. The molecule has 0 bridgehead atoms. The van der Waals surface area contributed by atoms with Gasteiger partial charge in [-0.2, -0.15) is 18.4 Å². The number of hydrogen-bond acceptors (Lipinski definition) is 3. The molecule has 1 aliphatic rings. The Bertz CT molecular complexity index is 767. The van der Waals surface area contributed by atoms with Gasteiger partial charge >= 0.3 is 6.18 Å². The van der Waals surface area contributed by atoms with Gasteiger partial charge in [-0.05, 0) is 41.8 Å². The number of aliphatic hydroxyl groups excluding tert-OH is 1. The van der Waals surface area contributed by atoms with E-state index in [-0.39, 0.29) is 0 Å². The highest BCUT2D eigenvalue weighted by Crippen LogP contribution is 2.35. The number of rotatable bonds is 2. The van der Waals surface area contributed by atoms with Crippen LogP contribution in [0.1, 0.15) is 18.4 Å². The second kappa shape index (κ2) is 5.74. The third kappa shape index (κ3) is 2.84. The molecule has 0 spiro atoms. The van der Waals surface area contributed by atoms with Crippen molar-refractivity contribution in [3.05, 3.63) is 42.0 Å². The van der Waals surface area contributed by atoms with Crippen LogP contribution in [-0.4, -0.2) is 30.0 Å². The van der Waals surface area contributed by atoms with Gasteiger partial charge in [-0.25, -0.2) is 0 Å². The molecule has 1 saturated heterocycles. The second-order valence-electron chi connectivity index (χ2n) is 5.71. The minimum absolute atomic E-state index is 0.303. The molecular formula is C17H15F3N2O. The topological polar surface area (TPSA) is 47.3 Å². The number of halogens is 3. The van der Waals surface area contributed by atoms with Gasteiger partial charge in [0.1, 0.15) is 0 Å². The molecule has 2 atom stereocenters. The molecule has 120 valence electrons. The number of fused-ring (bicyclic) bond motifs is 1. The maximum absolute atomic E-state index is 12.8. The maximum atomic E-state index is 12.8. The van der Waals surface area contributed by atoms with E-state index in [2.05, 4.69) is 6.07 Å². The first-order chi connectivity index (χ1) is 10.9. The minimum atomic E-state index is -4.63. The fourth-order valence-corrected chi connectivity index (χ4v) is 3.21. The van der Waals surface area contributed by atoms with Gasteiger partial charge in [0.2, 0.25) is 0 Å². The van der Waals surface area contributed by atoms with Crippen LogP contribution in [-0.2, 0) is 0 Å². The molecule has 0 aliphatic carbocycles. The number of hydrogen-bond donors (Lipinski definition) is 1. The van der Waals surface area contributed by atoms with Crippen molar-refractivity contribution in [1.29, 1.82) is 5.26 Å². The van der Waals surface area contributed by atoms with Crippen LogP contribution >= 0.6 is 0 Å². The number of alkyl halides is 3. The summed E-state index contributed by atoms with van der Waals surface area (Å²) in [5.41, 5.74) is 1.17. The Morgan fingerprint density at radius 2 is 2.04 bits per heavy atom. The van der Waals surface area contributed by atoms with Crippen LogP contribution in [0.15, 0.2) is 36.4 Å². The molecule has 0 amide bonds. The minimum Gasteiger partial charge on any atom is -0.382 e. The lowest BCUT2D eigenvalue weighted by Crippen LogP contribution is -2.47. The summed E-state index contributed by atoms with van der Waals surface area (Å²) in [6.07, 6.45) is -6.07. The third-order valence-electron chi connectivity index (χ3n) is 4.32. The zero-order valence-electron chi connectivity index (χ0n) is 12.2. The van der Waals surface area contributed by atoms with Crippen molar-refractivity contribution in [2.75, 3.05) is 11.4 Å². The summed E-state index contributed by atoms with van der Waals surface area (Å²) in [4.78, 5) is 1.61. The van der Waals surface area contributed by atoms with Crippen LogP contribution < -0.4 is 4.90 Å². The van der Waals surface area contributed by atoms with Gasteiger partial charge in [-0.1, -0.05) is 18.2 Å². The molecule has 2 aromatic carbocycles. The van der Waals surface area contributed by atoms with Crippen molar-refractivity contribution in [2.45, 2.75) is 31.2 Å². The molecule has 6 heteroatoms. The van der Waals surface area contributed by atoms with Gasteiger partial charge in [-0.3, -0.25) is 0 Å². The lowest BCUT2D eigenvalue weighted by atomic mass is 10.0. The van der Waals surface area contributed by atoms with Crippen LogP contribution in [0.3, 0.4) is 0 Å². The van der Waals surface area contributed by atoms with Crippen LogP contribution in [0.2, 0.25) is 0 Å². The number of benzene rings is 2. The summed E-state index contributed by atoms with van der Waals surface area (Å²) >= 11 is 0. The van der Waals surface area contributed by atoms with E-state index in [1.165, 1.54) is 0 Å². The first kappa shape index (κ1) is 15.6. The Kier molecular flexibility index (Phi) is 3.90. The molecule has 3 rings (SSSR count). The zero-order valence-corrected chi connectivity index (χ0v) is 12.2. The van der Waals surface area contributed by atoms with Gasteiger partial charge in [0, 0.05) is 12.2 Å². The third-order valence-corrected chi connectivity index (χ3v) is 4.32. The van der Waals surface area contributed by atoms with Crippen LogP contribution in [0.25, 0.3) is 10.8 Å². The SMILES string of the molecule is N#Cc1cccc2cc(N3CCC[C@H]3[C@H](O)C(F)(F)F)ccc12. The molecule has 2 aromatic rings. The summed E-state index contributed by atoms with van der Waals surface area (Å²) in [6.45, 7) is 0.473. The van der Waals surface area contributed by atoms with Crippen molar-refractivity contribution in [3.8, 4) is 6.07 Å². The molecule has 0 unspecified atom stereocenters. The van der Waals surface area contributed by atoms with Gasteiger partial charge in [0.25, 0.3) is 0 Å². The van der Waals surface area contributed by atoms with Crippen LogP contribution in [0, 0.1) is 11.3 Å². The van der Waals surface area contributed by atoms with E-state index in [0.717, 1.165) is 10.8 Å². The molecule has 1 N–H and O–H groups in total. The first-order valence-corrected chi connectivity index (χ1v) is 7.36. The lowest BCUT2D eigenvalue weighted by molar-refractivity contribution is -0.209. The summed E-state index contributed by atoms with van der Waals surface area (Å²) < 4.78 is 38.5. The van der Waals surface area contributed by atoms with E-state index in [1.807, 2.05) is 6.07 Å². The van der Waals surface area contributed by atoms with Crippen molar-refractivity contribution >= 4 is 16.5 Å². The van der Waals surface area contributed by atoms with E-state index >= 15 is 0 Å². The molecule has 0 radical (unpaired) electrons. The highest BCUT2D eigenvalue weighted by molar-refractivity contribution is 5.90. The summed E-state index contributed by atoms with van der Waals surface area (Å²) in [5.74, 6) is 0. The fraction of sp³-hybridized carbons (Fsp3) is 0.353. The van der Waals surface area contributed by atoms with Crippen LogP contribution in [0.4, 0.5) is 18.9 Å². The van der Waals surface area contributed by atoms with Crippen molar-refractivity contribution in [3.63, 3.8) is 0 Å². The van der Waals surface area contributed by atoms with Gasteiger partial charge in [-0.15, -0.1) is 0 Å². The van der Waals surface area contributed by atoms with Crippen LogP contribution in [0.5, 0.6) is 0 Å². The van der Waals surface area contributed by atoms with Gasteiger partial charge < -0.3 is 10.0 Å². The molecule has 1 heterocycles. The largest absolute Gasteiger partial charge is 0.416 e. The van der Waals surface area contributed by atoms with Gasteiger partial charge in [0.15, 0.2) is 6.10 Å². The van der Waals surface area contributed by atoms with Crippen molar-refractivity contribution in [1.82, 2.24) is 0 Å². The molecule has 0 aromatic heterocycles. The highest BCUT2D eigenvalue weighted by atomic mass is 19.4. The van der Waals surface area contributed by atoms with E-state index < -0.39 is 18.3 Å². The molecule has 3 nitrogen and oxygen atoms in total. The Labute approximate surface area is 131 Å². The van der Waals surface area contributed by atoms with E-state index in [4.69, 9.17) is 5.26 Å². The summed E-state index contributed by atoms with van der Waals surface area (Å²) in [5, 5.41) is 20.3. The zero-order chi connectivity index (χ0) is 16.6. The number of nitriles is 1. The standard InChI is InChI=1S/C17H15F3N2O/c18-17(19,20)16(23)15-5-2-8-22(15)13-6-7-14-11(9-13)3-1-4-12(14)10-21/h1,3-4,6-7,9,15-16,23H,2,5,8H2/t15-,16-/m0/s1. The lowest BCUT2D eigenvalue weighted by Gasteiger charge is -2.31. The fourth-order valence-electron chi connectivity index (χ4n) is 3.21.